The molecule has 1 N–H and O–H groups in total. The molecule has 96 valence electrons. The number of H-pyrrole nitrogens is 1. The van der Waals surface area contributed by atoms with Gasteiger partial charge in [0.1, 0.15) is 16.4 Å². The molecule has 0 spiro atoms. The molecule has 0 bridgehead atoms. The summed E-state index contributed by atoms with van der Waals surface area (Å²) in [6, 6.07) is 0. The van der Waals surface area contributed by atoms with Crippen LogP contribution in [0.15, 0.2) is 9.27 Å². The van der Waals surface area contributed by atoms with Crippen LogP contribution in [0.1, 0.15) is 45.3 Å². The summed E-state index contributed by atoms with van der Waals surface area (Å²) < 4.78 is 5.96. The van der Waals surface area contributed by atoms with Crippen molar-refractivity contribution >= 4 is 15.9 Å². The van der Waals surface area contributed by atoms with Gasteiger partial charge in [-0.05, 0) is 42.1 Å². The summed E-state index contributed by atoms with van der Waals surface area (Å²) in [5, 5.41) is 0. The molecule has 0 aliphatic carbocycles. The van der Waals surface area contributed by atoms with Gasteiger partial charge in [0.2, 0.25) is 0 Å². The smallest absolute Gasteiger partial charge is 0.265 e. The zero-order chi connectivity index (χ0) is 13.0. The summed E-state index contributed by atoms with van der Waals surface area (Å²) >= 11 is 3.28. The van der Waals surface area contributed by atoms with E-state index < -0.39 is 0 Å². The molecule has 1 atom stereocenters. The van der Waals surface area contributed by atoms with Crippen molar-refractivity contribution in [2.24, 2.45) is 5.92 Å². The van der Waals surface area contributed by atoms with E-state index >= 15 is 0 Å². The Morgan fingerprint density at radius 1 is 1.41 bits per heavy atom. The zero-order valence-corrected chi connectivity index (χ0v) is 12.3. The standard InChI is InChI=1S/C12H19BrN2O2/c1-5-17-8(4)11-14-9(6-7(2)3)10(13)12(16)15-11/h7-8H,5-6H2,1-4H3,(H,14,15,16). The maximum Gasteiger partial charge on any atom is 0.265 e. The second-order valence-electron chi connectivity index (χ2n) is 4.41. The maximum atomic E-state index is 11.8. The first kappa shape index (κ1) is 14.4. The number of aromatic nitrogens is 2. The zero-order valence-electron chi connectivity index (χ0n) is 10.7. The van der Waals surface area contributed by atoms with Crippen molar-refractivity contribution in [2.45, 2.75) is 40.2 Å². The van der Waals surface area contributed by atoms with Gasteiger partial charge in [0, 0.05) is 6.61 Å². The van der Waals surface area contributed by atoms with Crippen molar-refractivity contribution in [2.75, 3.05) is 6.61 Å². The first-order valence-electron chi connectivity index (χ1n) is 5.85. The van der Waals surface area contributed by atoms with Crippen LogP contribution in [0.4, 0.5) is 0 Å². The highest BCUT2D eigenvalue weighted by Crippen LogP contribution is 2.17. The third-order valence-electron chi connectivity index (χ3n) is 2.35. The van der Waals surface area contributed by atoms with Crippen molar-refractivity contribution < 1.29 is 4.74 Å². The lowest BCUT2D eigenvalue weighted by Crippen LogP contribution is -2.19. The molecule has 17 heavy (non-hydrogen) atoms. The maximum absolute atomic E-state index is 11.8. The van der Waals surface area contributed by atoms with E-state index in [0.717, 1.165) is 12.1 Å². The lowest BCUT2D eigenvalue weighted by atomic mass is 10.1. The molecule has 0 aromatic carbocycles. The quantitative estimate of drug-likeness (QED) is 0.910. The molecule has 1 rings (SSSR count). The first-order chi connectivity index (χ1) is 7.95. The second-order valence-corrected chi connectivity index (χ2v) is 5.20. The number of hydrogen-bond donors (Lipinski definition) is 1. The molecular formula is C12H19BrN2O2. The van der Waals surface area contributed by atoms with E-state index in [1.165, 1.54) is 0 Å². The van der Waals surface area contributed by atoms with Gasteiger partial charge in [0.15, 0.2) is 0 Å². The van der Waals surface area contributed by atoms with E-state index in [-0.39, 0.29) is 11.7 Å². The van der Waals surface area contributed by atoms with Gasteiger partial charge in [0.25, 0.3) is 5.56 Å². The van der Waals surface area contributed by atoms with Gasteiger partial charge in [-0.2, -0.15) is 0 Å². The largest absolute Gasteiger partial charge is 0.371 e. The van der Waals surface area contributed by atoms with Crippen molar-refractivity contribution in [3.05, 3.63) is 26.3 Å². The van der Waals surface area contributed by atoms with E-state index in [2.05, 4.69) is 39.7 Å². The Kier molecular flexibility index (Phi) is 5.33. The van der Waals surface area contributed by atoms with Gasteiger partial charge in [0.05, 0.1) is 5.69 Å². The molecule has 0 saturated carbocycles. The Bertz CT molecular complexity index is 429. The Hall–Kier alpha value is -0.680. The number of rotatable bonds is 5. The number of nitrogens with one attached hydrogen (secondary N) is 1. The normalized spacial score (nSPS) is 13.1. The van der Waals surface area contributed by atoms with Crippen LogP contribution in [0.3, 0.4) is 0 Å². The summed E-state index contributed by atoms with van der Waals surface area (Å²) in [5.74, 6) is 1.05. The molecule has 0 amide bonds. The van der Waals surface area contributed by atoms with Gasteiger partial charge in [-0.3, -0.25) is 4.79 Å². The minimum Gasteiger partial charge on any atom is -0.371 e. The molecule has 0 fully saturated rings. The van der Waals surface area contributed by atoms with Crippen LogP contribution in [0.5, 0.6) is 0 Å². The monoisotopic (exact) mass is 302 g/mol. The summed E-state index contributed by atoms with van der Waals surface area (Å²) in [7, 11) is 0. The Morgan fingerprint density at radius 3 is 2.59 bits per heavy atom. The Balaban J connectivity index is 3.09. The number of ether oxygens (including phenoxy) is 1. The summed E-state index contributed by atoms with van der Waals surface area (Å²) in [4.78, 5) is 19.0. The van der Waals surface area contributed by atoms with Crippen molar-refractivity contribution in [1.29, 1.82) is 0 Å². The van der Waals surface area contributed by atoms with E-state index in [1.54, 1.807) is 0 Å². The molecule has 1 unspecified atom stereocenters. The minimum absolute atomic E-state index is 0.141. The van der Waals surface area contributed by atoms with Crippen molar-refractivity contribution in [3.63, 3.8) is 0 Å². The average molecular weight is 303 g/mol. The molecule has 1 aromatic rings. The van der Waals surface area contributed by atoms with Crippen LogP contribution in [0.25, 0.3) is 0 Å². The fraction of sp³-hybridized carbons (Fsp3) is 0.667. The first-order valence-corrected chi connectivity index (χ1v) is 6.65. The number of hydrogen-bond acceptors (Lipinski definition) is 3. The van der Waals surface area contributed by atoms with Crippen molar-refractivity contribution in [3.8, 4) is 0 Å². The Morgan fingerprint density at radius 2 is 2.06 bits per heavy atom. The lowest BCUT2D eigenvalue weighted by Gasteiger charge is -2.13. The summed E-state index contributed by atoms with van der Waals surface area (Å²) in [6.07, 6.45) is 0.586. The molecule has 1 aromatic heterocycles. The third kappa shape index (κ3) is 3.92. The lowest BCUT2D eigenvalue weighted by molar-refractivity contribution is 0.0696. The fourth-order valence-corrected chi connectivity index (χ4v) is 1.92. The van der Waals surface area contributed by atoms with Gasteiger partial charge >= 0.3 is 0 Å². The number of nitrogens with zero attached hydrogens (tertiary/aromatic N) is 1. The van der Waals surface area contributed by atoms with Crippen molar-refractivity contribution in [1.82, 2.24) is 9.97 Å². The van der Waals surface area contributed by atoms with E-state index in [4.69, 9.17) is 4.74 Å². The SMILES string of the molecule is CCOC(C)c1nc(CC(C)C)c(Br)c(=O)[nH]1. The third-order valence-corrected chi connectivity index (χ3v) is 3.17. The predicted molar refractivity (Wildman–Crippen MR) is 71.1 cm³/mol. The highest BCUT2D eigenvalue weighted by Gasteiger charge is 2.14. The van der Waals surface area contributed by atoms with E-state index in [0.29, 0.717) is 22.8 Å². The Labute approximate surface area is 110 Å². The fourth-order valence-electron chi connectivity index (χ4n) is 1.57. The van der Waals surface area contributed by atoms with Crippen LogP contribution in [-0.2, 0) is 11.2 Å². The van der Waals surface area contributed by atoms with Crippen LogP contribution < -0.4 is 5.56 Å². The van der Waals surface area contributed by atoms with E-state index in [9.17, 15) is 4.79 Å². The highest BCUT2D eigenvalue weighted by molar-refractivity contribution is 9.10. The van der Waals surface area contributed by atoms with Crippen LogP contribution in [0, 0.1) is 5.92 Å². The topological polar surface area (TPSA) is 55.0 Å². The summed E-state index contributed by atoms with van der Waals surface area (Å²) in [6.45, 7) is 8.60. The predicted octanol–water partition coefficient (Wildman–Crippen LogP) is 2.83. The van der Waals surface area contributed by atoms with E-state index in [1.807, 2.05) is 13.8 Å². The molecule has 0 radical (unpaired) electrons. The van der Waals surface area contributed by atoms with Crippen LogP contribution in [-0.4, -0.2) is 16.6 Å². The molecule has 4 nitrogen and oxygen atoms in total. The average Bonchev–Trinajstić information content (AvgIpc) is 2.24. The van der Waals surface area contributed by atoms with Crippen LogP contribution >= 0.6 is 15.9 Å². The molecule has 0 aliphatic rings. The summed E-state index contributed by atoms with van der Waals surface area (Å²) in [5.41, 5.74) is 0.655. The highest BCUT2D eigenvalue weighted by atomic mass is 79.9. The number of aromatic amines is 1. The van der Waals surface area contributed by atoms with Gasteiger partial charge in [-0.1, -0.05) is 13.8 Å². The molecule has 0 saturated heterocycles. The number of halogens is 1. The second kappa shape index (κ2) is 6.31. The minimum atomic E-state index is -0.188. The molecule has 1 heterocycles. The van der Waals surface area contributed by atoms with Gasteiger partial charge in [-0.15, -0.1) is 0 Å². The van der Waals surface area contributed by atoms with Crippen LogP contribution in [0.2, 0.25) is 0 Å². The molecule has 0 aliphatic heterocycles. The molecular weight excluding hydrogens is 284 g/mol. The van der Waals surface area contributed by atoms with Gasteiger partial charge in [-0.25, -0.2) is 4.98 Å². The molecule has 5 heteroatoms. The van der Waals surface area contributed by atoms with Gasteiger partial charge < -0.3 is 9.72 Å².